The Labute approximate surface area is 121 Å². The molecule has 0 aliphatic heterocycles. The molecule has 5 heteroatoms. The lowest BCUT2D eigenvalue weighted by molar-refractivity contribution is 0.468. The third kappa shape index (κ3) is 6.01. The highest BCUT2D eigenvalue weighted by Crippen LogP contribution is 2.23. The van der Waals surface area contributed by atoms with Crippen LogP contribution in [0.2, 0.25) is 0 Å². The van der Waals surface area contributed by atoms with Gasteiger partial charge >= 0.3 is 0 Å². The first-order valence-electron chi connectivity index (χ1n) is 7.00. The summed E-state index contributed by atoms with van der Waals surface area (Å²) in [6.45, 7) is 4.69. The van der Waals surface area contributed by atoms with Crippen molar-refractivity contribution in [1.29, 1.82) is 0 Å². The normalized spacial score (nSPS) is 13.4. The Morgan fingerprint density at radius 2 is 2.05 bits per heavy atom. The summed E-state index contributed by atoms with van der Waals surface area (Å²) in [6.07, 6.45) is 3.34. The van der Waals surface area contributed by atoms with E-state index < -0.39 is 9.84 Å². The summed E-state index contributed by atoms with van der Waals surface area (Å²) in [5.41, 5.74) is 1.51. The maximum atomic E-state index is 14.0. The van der Waals surface area contributed by atoms with Crippen molar-refractivity contribution >= 4 is 9.84 Å². The number of hydrogen-bond donors (Lipinski definition) is 1. The van der Waals surface area contributed by atoms with E-state index >= 15 is 0 Å². The molecule has 1 N–H and O–H groups in total. The van der Waals surface area contributed by atoms with Crippen LogP contribution >= 0.6 is 0 Å². The minimum Gasteiger partial charge on any atom is -0.310 e. The molecule has 0 aliphatic carbocycles. The van der Waals surface area contributed by atoms with Gasteiger partial charge in [0.1, 0.15) is 15.7 Å². The van der Waals surface area contributed by atoms with Crippen molar-refractivity contribution in [3.8, 4) is 0 Å². The maximum absolute atomic E-state index is 14.0. The molecule has 1 rings (SSSR count). The number of rotatable bonds is 8. The van der Waals surface area contributed by atoms with E-state index in [0.29, 0.717) is 18.4 Å². The first-order chi connectivity index (χ1) is 9.33. The second-order valence-corrected chi connectivity index (χ2v) is 7.56. The standard InChI is InChI=1S/C15H24FNO2S/c1-4-9-17-15(6-5-10-20(3,18)19)13-8-7-12(2)11-14(13)16/h7-8,11,15,17H,4-6,9-10H2,1-3H3. The molecule has 114 valence electrons. The molecule has 20 heavy (non-hydrogen) atoms. The van der Waals surface area contributed by atoms with Crippen molar-refractivity contribution in [2.45, 2.75) is 39.2 Å². The van der Waals surface area contributed by atoms with E-state index in [1.807, 2.05) is 19.9 Å². The Morgan fingerprint density at radius 3 is 2.60 bits per heavy atom. The topological polar surface area (TPSA) is 46.2 Å². The fraction of sp³-hybridized carbons (Fsp3) is 0.600. The quantitative estimate of drug-likeness (QED) is 0.803. The van der Waals surface area contributed by atoms with Crippen LogP contribution in [0.3, 0.4) is 0 Å². The second-order valence-electron chi connectivity index (χ2n) is 5.30. The Morgan fingerprint density at radius 1 is 1.35 bits per heavy atom. The number of nitrogens with one attached hydrogen (secondary N) is 1. The van der Waals surface area contributed by atoms with Gasteiger partial charge in [0.2, 0.25) is 0 Å². The monoisotopic (exact) mass is 301 g/mol. The molecule has 0 bridgehead atoms. The molecule has 0 heterocycles. The van der Waals surface area contributed by atoms with Crippen LogP contribution in [0.5, 0.6) is 0 Å². The summed E-state index contributed by atoms with van der Waals surface area (Å²) in [5.74, 6) is -0.0805. The van der Waals surface area contributed by atoms with Crippen LogP contribution in [0, 0.1) is 12.7 Å². The van der Waals surface area contributed by atoms with Crippen LogP contribution in [0.15, 0.2) is 18.2 Å². The zero-order valence-electron chi connectivity index (χ0n) is 12.4. The van der Waals surface area contributed by atoms with Gasteiger partial charge in [-0.05, 0) is 44.4 Å². The summed E-state index contributed by atoms with van der Waals surface area (Å²) in [4.78, 5) is 0. The molecule has 1 aromatic rings. The zero-order chi connectivity index (χ0) is 15.2. The average molecular weight is 301 g/mol. The first kappa shape index (κ1) is 17.1. The molecule has 1 atom stereocenters. The predicted molar refractivity (Wildman–Crippen MR) is 81.1 cm³/mol. The van der Waals surface area contributed by atoms with Crippen molar-refractivity contribution in [1.82, 2.24) is 5.32 Å². The van der Waals surface area contributed by atoms with E-state index in [-0.39, 0.29) is 17.6 Å². The smallest absolute Gasteiger partial charge is 0.147 e. The number of hydrogen-bond acceptors (Lipinski definition) is 3. The van der Waals surface area contributed by atoms with Gasteiger partial charge in [0.15, 0.2) is 0 Å². The summed E-state index contributed by atoms with van der Waals surface area (Å²) < 4.78 is 36.4. The van der Waals surface area contributed by atoms with E-state index in [4.69, 9.17) is 0 Å². The summed E-state index contributed by atoms with van der Waals surface area (Å²) in [6, 6.07) is 5.07. The van der Waals surface area contributed by atoms with Crippen molar-refractivity contribution in [2.24, 2.45) is 0 Å². The van der Waals surface area contributed by atoms with Crippen molar-refractivity contribution in [3.63, 3.8) is 0 Å². The molecular weight excluding hydrogens is 277 g/mol. The van der Waals surface area contributed by atoms with Gasteiger partial charge in [0.05, 0.1) is 0 Å². The molecule has 0 radical (unpaired) electrons. The van der Waals surface area contributed by atoms with Crippen LogP contribution < -0.4 is 5.32 Å². The highest BCUT2D eigenvalue weighted by molar-refractivity contribution is 7.90. The van der Waals surface area contributed by atoms with Gasteiger partial charge in [-0.2, -0.15) is 0 Å². The minimum atomic E-state index is -2.96. The molecule has 1 aromatic carbocycles. The van der Waals surface area contributed by atoms with Crippen molar-refractivity contribution in [3.05, 3.63) is 35.1 Å². The Bertz CT molecular complexity index is 529. The Kier molecular flexibility index (Phi) is 6.62. The molecule has 0 saturated heterocycles. The maximum Gasteiger partial charge on any atom is 0.147 e. The largest absolute Gasteiger partial charge is 0.310 e. The van der Waals surface area contributed by atoms with Crippen LogP contribution in [0.4, 0.5) is 4.39 Å². The Hall–Kier alpha value is -0.940. The SMILES string of the molecule is CCCNC(CCCS(C)(=O)=O)c1ccc(C)cc1F. The Balaban J connectivity index is 2.77. The van der Waals surface area contributed by atoms with Crippen LogP contribution in [-0.4, -0.2) is 27.0 Å². The van der Waals surface area contributed by atoms with E-state index in [1.54, 1.807) is 6.07 Å². The van der Waals surface area contributed by atoms with Gasteiger partial charge in [-0.3, -0.25) is 0 Å². The number of sulfone groups is 1. The molecule has 0 saturated carbocycles. The third-order valence-corrected chi connectivity index (χ3v) is 4.21. The van der Waals surface area contributed by atoms with E-state index in [0.717, 1.165) is 18.5 Å². The summed E-state index contributed by atoms with van der Waals surface area (Å²) in [7, 11) is -2.96. The van der Waals surface area contributed by atoms with Gasteiger partial charge in [-0.15, -0.1) is 0 Å². The number of benzene rings is 1. The summed E-state index contributed by atoms with van der Waals surface area (Å²) >= 11 is 0. The molecular formula is C15H24FNO2S. The molecule has 0 amide bonds. The second kappa shape index (κ2) is 7.74. The van der Waals surface area contributed by atoms with Gasteiger partial charge in [0.25, 0.3) is 0 Å². The molecule has 1 unspecified atom stereocenters. The minimum absolute atomic E-state index is 0.128. The fourth-order valence-electron chi connectivity index (χ4n) is 2.15. The van der Waals surface area contributed by atoms with Crippen LogP contribution in [0.1, 0.15) is 43.4 Å². The molecule has 0 spiro atoms. The van der Waals surface area contributed by atoms with Gasteiger partial charge in [-0.1, -0.05) is 19.1 Å². The number of aryl methyl sites for hydroxylation is 1. The van der Waals surface area contributed by atoms with Gasteiger partial charge < -0.3 is 5.32 Å². The van der Waals surface area contributed by atoms with E-state index in [9.17, 15) is 12.8 Å². The predicted octanol–water partition coefficient (Wildman–Crippen LogP) is 3.00. The molecule has 0 aliphatic rings. The van der Waals surface area contributed by atoms with Gasteiger partial charge in [0, 0.05) is 23.6 Å². The highest BCUT2D eigenvalue weighted by atomic mass is 32.2. The fourth-order valence-corrected chi connectivity index (χ4v) is 2.84. The zero-order valence-corrected chi connectivity index (χ0v) is 13.3. The van der Waals surface area contributed by atoms with Crippen LogP contribution in [-0.2, 0) is 9.84 Å². The highest BCUT2D eigenvalue weighted by Gasteiger charge is 2.16. The molecule has 3 nitrogen and oxygen atoms in total. The van der Waals surface area contributed by atoms with Crippen molar-refractivity contribution < 1.29 is 12.8 Å². The lowest BCUT2D eigenvalue weighted by Gasteiger charge is -2.19. The lowest BCUT2D eigenvalue weighted by atomic mass is 10.00. The molecule has 0 fully saturated rings. The summed E-state index contributed by atoms with van der Waals surface area (Å²) in [5, 5.41) is 3.30. The van der Waals surface area contributed by atoms with Gasteiger partial charge in [-0.25, -0.2) is 12.8 Å². The van der Waals surface area contributed by atoms with Crippen molar-refractivity contribution in [2.75, 3.05) is 18.6 Å². The van der Waals surface area contributed by atoms with E-state index in [1.165, 1.54) is 12.3 Å². The first-order valence-corrected chi connectivity index (χ1v) is 9.06. The lowest BCUT2D eigenvalue weighted by Crippen LogP contribution is -2.24. The molecule has 0 aromatic heterocycles. The van der Waals surface area contributed by atoms with E-state index in [2.05, 4.69) is 5.32 Å². The average Bonchev–Trinajstić information content (AvgIpc) is 2.33. The number of halogens is 1. The third-order valence-electron chi connectivity index (χ3n) is 3.18. The van der Waals surface area contributed by atoms with Crippen LogP contribution in [0.25, 0.3) is 0 Å².